The molecule has 0 aliphatic carbocycles. The molecule has 2 aromatic rings. The number of aliphatic hydroxyl groups excluding tert-OH is 1. The lowest BCUT2D eigenvalue weighted by molar-refractivity contribution is 0.178. The number of aliphatic hydroxyl groups is 1. The summed E-state index contributed by atoms with van der Waals surface area (Å²) in [7, 11) is 0. The summed E-state index contributed by atoms with van der Waals surface area (Å²) in [5.74, 6) is 0. The van der Waals surface area contributed by atoms with Gasteiger partial charge in [-0.1, -0.05) is 30.3 Å². The Morgan fingerprint density at radius 3 is 2.71 bits per heavy atom. The van der Waals surface area contributed by atoms with Crippen molar-refractivity contribution < 1.29 is 5.11 Å². The standard InChI is InChI=1S/C10H10N2OS/c13-9(6-10-12-11-7-14-10)8-4-2-1-3-5-8/h1-5,7,9,13H,6H2. The van der Waals surface area contributed by atoms with Gasteiger partial charge in [0.2, 0.25) is 0 Å². The molecular formula is C10H10N2OS. The first-order chi connectivity index (χ1) is 6.86. The number of nitrogens with zero attached hydrogens (tertiary/aromatic N) is 2. The largest absolute Gasteiger partial charge is 0.388 e. The Labute approximate surface area is 86.1 Å². The summed E-state index contributed by atoms with van der Waals surface area (Å²) in [6, 6.07) is 9.58. The maximum Gasteiger partial charge on any atom is 0.120 e. The molecule has 4 heteroatoms. The predicted octanol–water partition coefficient (Wildman–Crippen LogP) is 1.81. The molecule has 1 aromatic heterocycles. The molecule has 0 saturated heterocycles. The molecule has 1 N–H and O–H groups in total. The maximum atomic E-state index is 9.83. The first-order valence-corrected chi connectivity index (χ1v) is 5.22. The first-order valence-electron chi connectivity index (χ1n) is 4.34. The van der Waals surface area contributed by atoms with Crippen LogP contribution in [0.1, 0.15) is 16.7 Å². The van der Waals surface area contributed by atoms with Crippen molar-refractivity contribution in [3.05, 3.63) is 46.4 Å². The van der Waals surface area contributed by atoms with Crippen LogP contribution in [0.5, 0.6) is 0 Å². The molecule has 0 spiro atoms. The molecule has 0 fully saturated rings. The van der Waals surface area contributed by atoms with Crippen molar-refractivity contribution >= 4 is 11.3 Å². The number of hydrogen-bond donors (Lipinski definition) is 1. The zero-order chi connectivity index (χ0) is 9.80. The molecule has 0 aliphatic heterocycles. The van der Waals surface area contributed by atoms with Gasteiger partial charge in [0.15, 0.2) is 0 Å². The summed E-state index contributed by atoms with van der Waals surface area (Å²) < 4.78 is 0. The van der Waals surface area contributed by atoms with Crippen LogP contribution in [0.15, 0.2) is 35.8 Å². The van der Waals surface area contributed by atoms with E-state index in [1.165, 1.54) is 11.3 Å². The monoisotopic (exact) mass is 206 g/mol. The van der Waals surface area contributed by atoms with E-state index in [-0.39, 0.29) is 0 Å². The van der Waals surface area contributed by atoms with Gasteiger partial charge in [-0.05, 0) is 5.56 Å². The van der Waals surface area contributed by atoms with Crippen molar-refractivity contribution in [2.45, 2.75) is 12.5 Å². The van der Waals surface area contributed by atoms with Crippen LogP contribution in [0.4, 0.5) is 0 Å². The molecule has 0 aliphatic rings. The first kappa shape index (κ1) is 9.30. The van der Waals surface area contributed by atoms with Gasteiger partial charge < -0.3 is 5.11 Å². The molecule has 0 saturated carbocycles. The Bertz CT molecular complexity index is 374. The maximum absolute atomic E-state index is 9.83. The van der Waals surface area contributed by atoms with Crippen LogP contribution in [0.25, 0.3) is 0 Å². The van der Waals surface area contributed by atoms with E-state index in [9.17, 15) is 5.11 Å². The van der Waals surface area contributed by atoms with Crippen LogP contribution in [0, 0.1) is 0 Å². The highest BCUT2D eigenvalue weighted by molar-refractivity contribution is 7.09. The van der Waals surface area contributed by atoms with Gasteiger partial charge in [0.05, 0.1) is 6.10 Å². The van der Waals surface area contributed by atoms with Gasteiger partial charge in [0.1, 0.15) is 10.5 Å². The Hall–Kier alpha value is -1.26. The highest BCUT2D eigenvalue weighted by Gasteiger charge is 2.09. The van der Waals surface area contributed by atoms with Crippen molar-refractivity contribution in [2.24, 2.45) is 0 Å². The Kier molecular flexibility index (Phi) is 2.86. The van der Waals surface area contributed by atoms with Gasteiger partial charge in [-0.2, -0.15) is 0 Å². The Balaban J connectivity index is 2.07. The van der Waals surface area contributed by atoms with E-state index in [2.05, 4.69) is 10.2 Å². The minimum atomic E-state index is -0.482. The average molecular weight is 206 g/mol. The fraction of sp³-hybridized carbons (Fsp3) is 0.200. The lowest BCUT2D eigenvalue weighted by Crippen LogP contribution is -2.01. The predicted molar refractivity (Wildman–Crippen MR) is 55.0 cm³/mol. The summed E-state index contributed by atoms with van der Waals surface area (Å²) in [5.41, 5.74) is 2.59. The highest BCUT2D eigenvalue weighted by atomic mass is 32.1. The normalized spacial score (nSPS) is 12.6. The molecule has 0 radical (unpaired) electrons. The van der Waals surface area contributed by atoms with Gasteiger partial charge in [0.25, 0.3) is 0 Å². The average Bonchev–Trinajstić information content (AvgIpc) is 2.72. The van der Waals surface area contributed by atoms with E-state index in [0.717, 1.165) is 10.6 Å². The van der Waals surface area contributed by atoms with E-state index in [4.69, 9.17) is 0 Å². The molecule has 14 heavy (non-hydrogen) atoms. The number of benzene rings is 1. The Morgan fingerprint density at radius 1 is 1.29 bits per heavy atom. The second-order valence-electron chi connectivity index (χ2n) is 2.96. The van der Waals surface area contributed by atoms with Crippen molar-refractivity contribution in [1.29, 1.82) is 0 Å². The zero-order valence-corrected chi connectivity index (χ0v) is 8.31. The molecular weight excluding hydrogens is 196 g/mol. The summed E-state index contributed by atoms with van der Waals surface area (Å²) in [6.45, 7) is 0. The lowest BCUT2D eigenvalue weighted by atomic mass is 10.1. The third-order valence-corrected chi connectivity index (χ3v) is 2.68. The summed E-state index contributed by atoms with van der Waals surface area (Å²) in [6.07, 6.45) is 0.0541. The van der Waals surface area contributed by atoms with Crippen LogP contribution in [0.3, 0.4) is 0 Å². The van der Waals surface area contributed by atoms with Crippen molar-refractivity contribution in [2.75, 3.05) is 0 Å². The minimum absolute atomic E-state index is 0.482. The van der Waals surface area contributed by atoms with E-state index in [1.54, 1.807) is 5.51 Å². The van der Waals surface area contributed by atoms with Gasteiger partial charge in [-0.3, -0.25) is 0 Å². The van der Waals surface area contributed by atoms with Crippen molar-refractivity contribution in [3.63, 3.8) is 0 Å². The number of aromatic nitrogens is 2. The van der Waals surface area contributed by atoms with E-state index < -0.39 is 6.10 Å². The smallest absolute Gasteiger partial charge is 0.120 e. The molecule has 2 rings (SSSR count). The third-order valence-electron chi connectivity index (χ3n) is 1.96. The van der Waals surface area contributed by atoms with Crippen molar-refractivity contribution in [3.8, 4) is 0 Å². The van der Waals surface area contributed by atoms with Gasteiger partial charge in [-0.25, -0.2) is 0 Å². The van der Waals surface area contributed by atoms with Crippen LogP contribution in [0.2, 0.25) is 0 Å². The SMILES string of the molecule is OC(Cc1nncs1)c1ccccc1. The lowest BCUT2D eigenvalue weighted by Gasteiger charge is -2.07. The molecule has 1 unspecified atom stereocenters. The summed E-state index contributed by atoms with van der Waals surface area (Å²) >= 11 is 1.46. The van der Waals surface area contributed by atoms with Crippen LogP contribution < -0.4 is 0 Å². The Morgan fingerprint density at radius 2 is 2.07 bits per heavy atom. The van der Waals surface area contributed by atoms with E-state index >= 15 is 0 Å². The van der Waals surface area contributed by atoms with Crippen LogP contribution in [-0.4, -0.2) is 15.3 Å². The number of hydrogen-bond acceptors (Lipinski definition) is 4. The minimum Gasteiger partial charge on any atom is -0.388 e. The van der Waals surface area contributed by atoms with Crippen LogP contribution >= 0.6 is 11.3 Å². The zero-order valence-electron chi connectivity index (χ0n) is 7.50. The molecule has 1 heterocycles. The third kappa shape index (κ3) is 2.16. The van der Waals surface area contributed by atoms with Gasteiger partial charge >= 0.3 is 0 Å². The van der Waals surface area contributed by atoms with Gasteiger partial charge in [0, 0.05) is 6.42 Å². The number of rotatable bonds is 3. The fourth-order valence-electron chi connectivity index (χ4n) is 1.24. The van der Waals surface area contributed by atoms with E-state index in [0.29, 0.717) is 6.42 Å². The molecule has 1 atom stereocenters. The fourth-order valence-corrected chi connectivity index (χ4v) is 1.81. The highest BCUT2D eigenvalue weighted by Crippen LogP contribution is 2.18. The van der Waals surface area contributed by atoms with Crippen LogP contribution in [-0.2, 0) is 6.42 Å². The molecule has 0 amide bonds. The van der Waals surface area contributed by atoms with E-state index in [1.807, 2.05) is 30.3 Å². The van der Waals surface area contributed by atoms with Crippen molar-refractivity contribution in [1.82, 2.24) is 10.2 Å². The molecule has 3 nitrogen and oxygen atoms in total. The molecule has 72 valence electrons. The topological polar surface area (TPSA) is 46.0 Å². The molecule has 1 aromatic carbocycles. The molecule has 0 bridgehead atoms. The summed E-state index contributed by atoms with van der Waals surface area (Å²) in [4.78, 5) is 0. The second-order valence-corrected chi connectivity index (χ2v) is 3.88. The quantitative estimate of drug-likeness (QED) is 0.833. The van der Waals surface area contributed by atoms with Gasteiger partial charge in [-0.15, -0.1) is 21.5 Å². The second kappa shape index (κ2) is 4.30. The summed E-state index contributed by atoms with van der Waals surface area (Å²) in [5, 5.41) is 18.3.